The maximum Gasteiger partial charge on any atom is 0.307 e. The van der Waals surface area contributed by atoms with Crippen molar-refractivity contribution in [1.29, 1.82) is 5.26 Å². The summed E-state index contributed by atoms with van der Waals surface area (Å²) in [6.45, 7) is 4.08. The molecule has 3 aromatic carbocycles. The first kappa shape index (κ1) is 28.6. The third kappa shape index (κ3) is 6.96. The minimum Gasteiger partial charge on any atom is -0.490 e. The smallest absolute Gasteiger partial charge is 0.307 e. The molecule has 2 fully saturated rings. The molecule has 1 N–H and O–H groups in total. The number of imidazole rings is 1. The summed E-state index contributed by atoms with van der Waals surface area (Å²) in [7, 11) is 0. The molecule has 2 saturated heterocycles. The third-order valence-electron chi connectivity index (χ3n) is 7.98. The second kappa shape index (κ2) is 12.8. The Morgan fingerprint density at radius 2 is 1.93 bits per heavy atom. The summed E-state index contributed by atoms with van der Waals surface area (Å²) in [5.41, 5.74) is 3.69. The molecule has 0 bridgehead atoms. The minimum atomic E-state index is -0.850. The number of fused-ring (bicyclic) bond motifs is 1. The normalized spacial score (nSPS) is 17.3. The van der Waals surface area contributed by atoms with Gasteiger partial charge in [0, 0.05) is 19.7 Å². The molecule has 0 unspecified atom stereocenters. The predicted octanol–water partition coefficient (Wildman–Crippen LogP) is 5.09. The molecule has 0 amide bonds. The van der Waals surface area contributed by atoms with Crippen molar-refractivity contribution >= 4 is 17.0 Å². The maximum absolute atomic E-state index is 14.2. The van der Waals surface area contributed by atoms with Gasteiger partial charge in [0.15, 0.2) is 11.6 Å². The van der Waals surface area contributed by atoms with E-state index >= 15 is 0 Å². The second-order valence-corrected chi connectivity index (χ2v) is 11.1. The molecule has 9 nitrogen and oxygen atoms in total. The van der Waals surface area contributed by atoms with E-state index in [0.717, 1.165) is 78.8 Å². The SMILES string of the molecule is N#Cc1ccc(OCc2cccc(OC3CCN(Cc4nc5ccc(CC(=O)O)cc5n4C[C@@H]4CCO4)CC3)c2)c(F)c1. The third-order valence-corrected chi connectivity index (χ3v) is 7.98. The zero-order chi connectivity index (χ0) is 29.8. The average molecular weight is 585 g/mol. The van der Waals surface area contributed by atoms with E-state index in [-0.39, 0.29) is 36.5 Å². The van der Waals surface area contributed by atoms with Crippen molar-refractivity contribution in [3.63, 3.8) is 0 Å². The molecule has 0 saturated carbocycles. The molecule has 2 aliphatic heterocycles. The van der Waals surface area contributed by atoms with Crippen molar-refractivity contribution in [3.05, 3.63) is 89.0 Å². The first-order chi connectivity index (χ1) is 20.9. The quantitative estimate of drug-likeness (QED) is 0.260. The lowest BCUT2D eigenvalue weighted by Crippen LogP contribution is -2.39. The van der Waals surface area contributed by atoms with Crippen LogP contribution in [0.15, 0.2) is 60.7 Å². The number of halogens is 1. The molecule has 10 heteroatoms. The van der Waals surface area contributed by atoms with Crippen molar-refractivity contribution in [2.24, 2.45) is 0 Å². The standard InChI is InChI=1S/C33H33FN4O5/c34-28-15-23(18-35)5-7-31(28)42-21-24-2-1-3-26(14-24)43-25-8-11-37(12-9-25)20-32-36-29-6-4-22(17-33(39)40)16-30(29)38(32)19-27-10-13-41-27/h1-7,14-16,25,27H,8-13,17,19-21H2,(H,39,40)/t27-/m0/s1. The van der Waals surface area contributed by atoms with Crippen molar-refractivity contribution in [3.8, 4) is 17.6 Å². The lowest BCUT2D eigenvalue weighted by Gasteiger charge is -2.32. The number of carboxylic acids is 1. The molecule has 0 spiro atoms. The Morgan fingerprint density at radius 1 is 1.09 bits per heavy atom. The van der Waals surface area contributed by atoms with Gasteiger partial charge >= 0.3 is 5.97 Å². The summed E-state index contributed by atoms with van der Waals surface area (Å²) < 4.78 is 34.0. The highest BCUT2D eigenvalue weighted by Crippen LogP contribution is 2.26. The van der Waals surface area contributed by atoms with Gasteiger partial charge in [-0.2, -0.15) is 5.26 Å². The number of rotatable bonds is 11. The number of ether oxygens (including phenoxy) is 3. The lowest BCUT2D eigenvalue weighted by atomic mass is 10.1. The van der Waals surface area contributed by atoms with Gasteiger partial charge in [0.1, 0.15) is 24.3 Å². The van der Waals surface area contributed by atoms with Gasteiger partial charge in [0.25, 0.3) is 0 Å². The predicted molar refractivity (Wildman–Crippen MR) is 156 cm³/mol. The van der Waals surface area contributed by atoms with E-state index in [1.807, 2.05) is 48.5 Å². The number of likely N-dealkylation sites (tertiary alicyclic amines) is 1. The average Bonchev–Trinajstić information content (AvgIpc) is 3.31. The van der Waals surface area contributed by atoms with Crippen molar-refractivity contribution in [2.45, 2.75) is 57.6 Å². The van der Waals surface area contributed by atoms with E-state index in [0.29, 0.717) is 13.1 Å². The monoisotopic (exact) mass is 584 g/mol. The molecule has 4 aromatic rings. The van der Waals surface area contributed by atoms with E-state index in [9.17, 15) is 14.3 Å². The number of carbonyl (C=O) groups is 1. The number of nitrogens with zero attached hydrogens (tertiary/aromatic N) is 4. The largest absolute Gasteiger partial charge is 0.490 e. The molecule has 0 aliphatic carbocycles. The van der Waals surface area contributed by atoms with Crippen LogP contribution in [0.3, 0.4) is 0 Å². The number of piperidine rings is 1. The molecule has 2 aliphatic rings. The fraction of sp³-hybridized carbons (Fsp3) is 0.364. The number of hydrogen-bond donors (Lipinski definition) is 1. The molecular formula is C33H33FN4O5. The summed E-state index contributed by atoms with van der Waals surface area (Å²) in [6, 6.07) is 19.4. The first-order valence-electron chi connectivity index (χ1n) is 14.6. The molecule has 1 atom stereocenters. The van der Waals surface area contributed by atoms with Gasteiger partial charge in [-0.05, 0) is 72.9 Å². The van der Waals surface area contributed by atoms with Gasteiger partial charge in [-0.3, -0.25) is 9.69 Å². The number of nitriles is 1. The number of aromatic nitrogens is 2. The van der Waals surface area contributed by atoms with Crippen LogP contribution in [0.5, 0.6) is 11.5 Å². The summed E-state index contributed by atoms with van der Waals surface area (Å²) in [4.78, 5) is 18.6. The van der Waals surface area contributed by atoms with Crippen molar-refractivity contribution in [1.82, 2.24) is 14.5 Å². The Kier molecular flexibility index (Phi) is 8.54. The van der Waals surface area contributed by atoms with Crippen LogP contribution < -0.4 is 9.47 Å². The summed E-state index contributed by atoms with van der Waals surface area (Å²) in [6.07, 6.45) is 2.95. The van der Waals surface area contributed by atoms with Crippen LogP contribution in [-0.4, -0.2) is 57.4 Å². The Hall–Kier alpha value is -4.46. The Balaban J connectivity index is 1.06. The Labute approximate surface area is 249 Å². The van der Waals surface area contributed by atoms with E-state index in [4.69, 9.17) is 24.5 Å². The molecule has 3 heterocycles. The van der Waals surface area contributed by atoms with Gasteiger partial charge in [-0.15, -0.1) is 0 Å². The second-order valence-electron chi connectivity index (χ2n) is 11.1. The number of hydrogen-bond acceptors (Lipinski definition) is 7. The van der Waals surface area contributed by atoms with Gasteiger partial charge < -0.3 is 23.9 Å². The van der Waals surface area contributed by atoms with Crippen LogP contribution in [0.1, 0.15) is 41.8 Å². The minimum absolute atomic E-state index is 0.0183. The van der Waals surface area contributed by atoms with Crippen LogP contribution in [0, 0.1) is 17.1 Å². The van der Waals surface area contributed by atoms with E-state index in [2.05, 4.69) is 9.47 Å². The molecule has 1 aromatic heterocycles. The molecule has 0 radical (unpaired) electrons. The van der Waals surface area contributed by atoms with Crippen LogP contribution in [0.2, 0.25) is 0 Å². The molecule has 6 rings (SSSR count). The van der Waals surface area contributed by atoms with E-state index < -0.39 is 11.8 Å². The lowest BCUT2D eigenvalue weighted by molar-refractivity contribution is -0.136. The van der Waals surface area contributed by atoms with Gasteiger partial charge in [0.2, 0.25) is 0 Å². The molecule has 222 valence electrons. The summed E-state index contributed by atoms with van der Waals surface area (Å²) in [5.74, 6) is 0.403. The Morgan fingerprint density at radius 3 is 2.65 bits per heavy atom. The zero-order valence-electron chi connectivity index (χ0n) is 23.7. The highest BCUT2D eigenvalue weighted by atomic mass is 19.1. The van der Waals surface area contributed by atoms with E-state index in [1.165, 1.54) is 12.1 Å². The molecular weight excluding hydrogens is 551 g/mol. The van der Waals surface area contributed by atoms with Crippen LogP contribution in [0.4, 0.5) is 4.39 Å². The highest BCUT2D eigenvalue weighted by molar-refractivity contribution is 5.79. The maximum atomic E-state index is 14.2. The fourth-order valence-corrected chi connectivity index (χ4v) is 5.59. The fourth-order valence-electron chi connectivity index (χ4n) is 5.59. The topological polar surface area (TPSA) is 110 Å². The Bertz CT molecular complexity index is 1650. The van der Waals surface area contributed by atoms with Crippen molar-refractivity contribution in [2.75, 3.05) is 19.7 Å². The highest BCUT2D eigenvalue weighted by Gasteiger charge is 2.25. The van der Waals surface area contributed by atoms with E-state index in [1.54, 1.807) is 0 Å². The summed E-state index contributed by atoms with van der Waals surface area (Å²) in [5, 5.41) is 18.2. The summed E-state index contributed by atoms with van der Waals surface area (Å²) >= 11 is 0. The van der Waals surface area contributed by atoms with Crippen LogP contribution in [0.25, 0.3) is 11.0 Å². The zero-order valence-corrected chi connectivity index (χ0v) is 23.7. The van der Waals surface area contributed by atoms with Crippen LogP contribution in [-0.2, 0) is 35.6 Å². The molecule has 43 heavy (non-hydrogen) atoms. The first-order valence-corrected chi connectivity index (χ1v) is 14.6. The number of carboxylic acid groups (broad SMARTS) is 1. The van der Waals surface area contributed by atoms with Gasteiger partial charge in [0.05, 0.1) is 48.3 Å². The number of aliphatic carboxylic acids is 1. The van der Waals surface area contributed by atoms with Gasteiger partial charge in [-0.1, -0.05) is 18.2 Å². The van der Waals surface area contributed by atoms with Gasteiger partial charge in [-0.25, -0.2) is 9.37 Å². The number of benzene rings is 3. The van der Waals surface area contributed by atoms with Crippen LogP contribution >= 0.6 is 0 Å². The van der Waals surface area contributed by atoms with Crippen molar-refractivity contribution < 1.29 is 28.5 Å².